The van der Waals surface area contributed by atoms with Gasteiger partial charge in [-0.2, -0.15) is 0 Å². The number of para-hydroxylation sites is 1. The molecule has 0 spiro atoms. The second-order valence-corrected chi connectivity index (χ2v) is 4.80. The van der Waals surface area contributed by atoms with Gasteiger partial charge in [0.25, 0.3) is 5.56 Å². The van der Waals surface area contributed by atoms with Crippen LogP contribution in [0.25, 0.3) is 10.9 Å². The Morgan fingerprint density at radius 1 is 1.50 bits per heavy atom. The number of carbonyl (C=O) groups excluding carboxylic acids is 1. The fourth-order valence-electron chi connectivity index (χ4n) is 1.92. The van der Waals surface area contributed by atoms with Crippen LogP contribution in [0.4, 0.5) is 0 Å². The van der Waals surface area contributed by atoms with Crippen LogP contribution in [-0.2, 0) is 11.3 Å². The molecule has 0 aliphatic carbocycles. The molecule has 1 amide bonds. The van der Waals surface area contributed by atoms with Crippen molar-refractivity contribution in [1.82, 2.24) is 14.9 Å². The Bertz CT molecular complexity index is 692. The van der Waals surface area contributed by atoms with Gasteiger partial charge in [0, 0.05) is 6.54 Å². The molecule has 1 heterocycles. The van der Waals surface area contributed by atoms with E-state index in [-0.39, 0.29) is 24.6 Å². The summed E-state index contributed by atoms with van der Waals surface area (Å²) in [5.41, 5.74) is 1.33. The Balaban J connectivity index is 2.26. The van der Waals surface area contributed by atoms with E-state index >= 15 is 0 Å². The highest BCUT2D eigenvalue weighted by Crippen LogP contribution is 2.10. The zero-order valence-corrected chi connectivity index (χ0v) is 11.5. The van der Waals surface area contributed by atoms with Gasteiger partial charge >= 0.3 is 0 Å². The number of rotatable bonds is 4. The van der Waals surface area contributed by atoms with Crippen LogP contribution in [0.15, 0.2) is 29.3 Å². The Morgan fingerprint density at radius 2 is 2.25 bits per heavy atom. The lowest BCUT2D eigenvalue weighted by Gasteiger charge is -2.09. The predicted octanol–water partition coefficient (Wildman–Crippen LogP) is 0.202. The van der Waals surface area contributed by atoms with Crippen LogP contribution in [0.3, 0.4) is 0 Å². The van der Waals surface area contributed by atoms with Gasteiger partial charge in [0.05, 0.1) is 23.3 Å². The van der Waals surface area contributed by atoms with Gasteiger partial charge in [0.15, 0.2) is 0 Å². The molecule has 1 unspecified atom stereocenters. The van der Waals surface area contributed by atoms with Crippen molar-refractivity contribution in [2.24, 2.45) is 0 Å². The maximum absolute atomic E-state index is 12.2. The minimum Gasteiger partial charge on any atom is -0.392 e. The van der Waals surface area contributed by atoms with Crippen molar-refractivity contribution in [3.63, 3.8) is 0 Å². The second-order valence-electron chi connectivity index (χ2n) is 4.80. The Hall–Kier alpha value is -2.21. The highest BCUT2D eigenvalue weighted by atomic mass is 16.3. The number of aryl methyl sites for hydroxylation is 1. The number of hydrogen-bond acceptors (Lipinski definition) is 4. The first-order chi connectivity index (χ1) is 9.49. The first-order valence-corrected chi connectivity index (χ1v) is 6.38. The van der Waals surface area contributed by atoms with Gasteiger partial charge in [0.1, 0.15) is 6.54 Å². The van der Waals surface area contributed by atoms with Crippen LogP contribution in [0.1, 0.15) is 12.5 Å². The molecule has 0 aliphatic heterocycles. The highest BCUT2D eigenvalue weighted by Gasteiger charge is 2.09. The van der Waals surface area contributed by atoms with Crippen LogP contribution in [-0.4, -0.2) is 33.2 Å². The van der Waals surface area contributed by atoms with Crippen LogP contribution in [0, 0.1) is 6.92 Å². The molecule has 0 saturated heterocycles. The summed E-state index contributed by atoms with van der Waals surface area (Å²) in [5, 5.41) is 12.1. The Morgan fingerprint density at radius 3 is 2.95 bits per heavy atom. The lowest BCUT2D eigenvalue weighted by molar-refractivity contribution is -0.122. The molecule has 20 heavy (non-hydrogen) atoms. The molecule has 106 valence electrons. The van der Waals surface area contributed by atoms with Gasteiger partial charge in [-0.25, -0.2) is 4.98 Å². The van der Waals surface area contributed by atoms with Crippen molar-refractivity contribution in [3.8, 4) is 0 Å². The molecule has 1 aromatic carbocycles. The van der Waals surface area contributed by atoms with Crippen LogP contribution in [0.2, 0.25) is 0 Å². The molecule has 0 fully saturated rings. The van der Waals surface area contributed by atoms with E-state index in [4.69, 9.17) is 5.11 Å². The van der Waals surface area contributed by atoms with Crippen LogP contribution >= 0.6 is 0 Å². The number of nitrogens with zero attached hydrogens (tertiary/aromatic N) is 2. The number of aliphatic hydroxyl groups excluding tert-OH is 1. The van der Waals surface area contributed by atoms with E-state index in [0.717, 1.165) is 5.56 Å². The largest absolute Gasteiger partial charge is 0.392 e. The maximum Gasteiger partial charge on any atom is 0.261 e. The molecule has 2 rings (SSSR count). The maximum atomic E-state index is 12.2. The molecular formula is C14H17N3O3. The van der Waals surface area contributed by atoms with E-state index in [1.165, 1.54) is 10.9 Å². The zero-order chi connectivity index (χ0) is 14.7. The number of hydrogen-bond donors (Lipinski definition) is 2. The summed E-state index contributed by atoms with van der Waals surface area (Å²) in [7, 11) is 0. The number of fused-ring (bicyclic) bond motifs is 1. The third-order valence-corrected chi connectivity index (χ3v) is 2.96. The second kappa shape index (κ2) is 5.83. The topological polar surface area (TPSA) is 84.2 Å². The van der Waals surface area contributed by atoms with E-state index in [2.05, 4.69) is 10.3 Å². The van der Waals surface area contributed by atoms with Gasteiger partial charge < -0.3 is 10.4 Å². The smallest absolute Gasteiger partial charge is 0.261 e. The minimum absolute atomic E-state index is 0.109. The summed E-state index contributed by atoms with van der Waals surface area (Å²) in [5.74, 6) is -0.332. The molecular weight excluding hydrogens is 258 g/mol. The van der Waals surface area contributed by atoms with Crippen molar-refractivity contribution >= 4 is 16.8 Å². The number of aromatic nitrogens is 2. The van der Waals surface area contributed by atoms with Crippen molar-refractivity contribution in [2.45, 2.75) is 26.5 Å². The number of amides is 1. The monoisotopic (exact) mass is 275 g/mol. The molecule has 2 aromatic rings. The molecule has 6 nitrogen and oxygen atoms in total. The first kappa shape index (κ1) is 14.2. The van der Waals surface area contributed by atoms with Gasteiger partial charge in [-0.3, -0.25) is 14.2 Å². The highest BCUT2D eigenvalue weighted by molar-refractivity contribution is 5.81. The fourth-order valence-corrected chi connectivity index (χ4v) is 1.92. The molecule has 0 bridgehead atoms. The summed E-state index contributed by atoms with van der Waals surface area (Å²) >= 11 is 0. The molecule has 0 saturated carbocycles. The van der Waals surface area contributed by atoms with Gasteiger partial charge in [0.2, 0.25) is 5.91 Å². The minimum atomic E-state index is -0.618. The number of aliphatic hydroxyl groups is 1. The predicted molar refractivity (Wildman–Crippen MR) is 75.4 cm³/mol. The fraction of sp³-hybridized carbons (Fsp3) is 0.357. The van der Waals surface area contributed by atoms with Crippen LogP contribution < -0.4 is 10.9 Å². The number of nitrogens with one attached hydrogen (secondary N) is 1. The lowest BCUT2D eigenvalue weighted by Crippen LogP contribution is -2.36. The Labute approximate surface area is 116 Å². The quantitative estimate of drug-likeness (QED) is 0.835. The molecule has 1 aromatic heterocycles. The third kappa shape index (κ3) is 3.03. The van der Waals surface area contributed by atoms with Crippen LogP contribution in [0.5, 0.6) is 0 Å². The average molecular weight is 275 g/mol. The standard InChI is InChI=1S/C14H17N3O3/c1-9-4-3-5-11-13(9)16-8-17(14(11)20)7-12(19)15-6-10(2)18/h3-5,8,10,18H,6-7H2,1-2H3,(H,15,19). The van der Waals surface area contributed by atoms with Gasteiger partial charge in [-0.15, -0.1) is 0 Å². The van der Waals surface area contributed by atoms with E-state index in [1.54, 1.807) is 19.1 Å². The van der Waals surface area contributed by atoms with Gasteiger partial charge in [-0.1, -0.05) is 12.1 Å². The molecule has 6 heteroatoms. The van der Waals surface area contributed by atoms with E-state index in [1.807, 2.05) is 13.0 Å². The molecule has 0 radical (unpaired) electrons. The SMILES string of the molecule is Cc1cccc2c(=O)n(CC(=O)NCC(C)O)cnc12. The van der Waals surface area contributed by atoms with E-state index < -0.39 is 6.10 Å². The van der Waals surface area contributed by atoms with Crippen molar-refractivity contribution in [2.75, 3.05) is 6.54 Å². The lowest BCUT2D eigenvalue weighted by atomic mass is 10.1. The molecule has 2 N–H and O–H groups in total. The normalized spacial score (nSPS) is 12.3. The van der Waals surface area contributed by atoms with E-state index in [0.29, 0.717) is 10.9 Å². The third-order valence-electron chi connectivity index (χ3n) is 2.96. The molecule has 1 atom stereocenters. The van der Waals surface area contributed by atoms with E-state index in [9.17, 15) is 9.59 Å². The zero-order valence-electron chi connectivity index (χ0n) is 11.5. The van der Waals surface area contributed by atoms with Crippen molar-refractivity contribution < 1.29 is 9.90 Å². The summed E-state index contributed by atoms with van der Waals surface area (Å²) in [6, 6.07) is 5.37. The first-order valence-electron chi connectivity index (χ1n) is 6.38. The number of benzene rings is 1. The summed E-state index contributed by atoms with van der Waals surface area (Å²) in [4.78, 5) is 28.1. The summed E-state index contributed by atoms with van der Waals surface area (Å²) < 4.78 is 1.26. The van der Waals surface area contributed by atoms with Crippen molar-refractivity contribution in [3.05, 3.63) is 40.4 Å². The number of carbonyl (C=O) groups is 1. The van der Waals surface area contributed by atoms with Crippen molar-refractivity contribution in [1.29, 1.82) is 0 Å². The van der Waals surface area contributed by atoms with Gasteiger partial charge in [-0.05, 0) is 25.5 Å². The summed E-state index contributed by atoms with van der Waals surface area (Å²) in [6.07, 6.45) is 0.757. The molecule has 0 aliphatic rings. The average Bonchev–Trinajstić information content (AvgIpc) is 2.40. The summed E-state index contributed by atoms with van der Waals surface area (Å²) in [6.45, 7) is 3.51. The Kier molecular flexibility index (Phi) is 4.14.